The van der Waals surface area contributed by atoms with E-state index in [1.807, 2.05) is 6.92 Å². The van der Waals surface area contributed by atoms with Crippen molar-refractivity contribution in [2.24, 2.45) is 0 Å². The van der Waals surface area contributed by atoms with Crippen LogP contribution in [-0.4, -0.2) is 68.0 Å². The zero-order valence-corrected chi connectivity index (χ0v) is 17.7. The number of carbonyl (C=O) groups excluding carboxylic acids is 1. The normalized spacial score (nSPS) is 15.5. The van der Waals surface area contributed by atoms with Gasteiger partial charge in [-0.1, -0.05) is 24.7 Å². The second-order valence-electron chi connectivity index (χ2n) is 6.76. The third-order valence-electron chi connectivity index (χ3n) is 4.83. The summed E-state index contributed by atoms with van der Waals surface area (Å²) in [6.45, 7) is 4.42. The van der Waals surface area contributed by atoms with E-state index >= 15 is 0 Å². The molecule has 0 spiro atoms. The third-order valence-corrected chi connectivity index (χ3v) is 7.63. The Morgan fingerprint density at radius 1 is 1.29 bits per heavy atom. The number of sulfonamides is 1. The summed E-state index contributed by atoms with van der Waals surface area (Å²) in [5.74, 6) is -0.138. The zero-order chi connectivity index (χ0) is 20.3. The van der Waals surface area contributed by atoms with Crippen LogP contribution in [0.15, 0.2) is 27.9 Å². The molecule has 1 amide bonds. The van der Waals surface area contributed by atoms with Gasteiger partial charge in [0, 0.05) is 26.7 Å². The summed E-state index contributed by atoms with van der Waals surface area (Å²) in [5.41, 5.74) is 0.576. The number of hydrogen-bond donors (Lipinski definition) is 0. The summed E-state index contributed by atoms with van der Waals surface area (Å²) in [5, 5.41) is 0. The molecule has 154 valence electrons. The molecule has 1 aliphatic heterocycles. The van der Waals surface area contributed by atoms with Gasteiger partial charge in [0.25, 0.3) is 0 Å². The number of benzene rings is 1. The Morgan fingerprint density at radius 3 is 2.68 bits per heavy atom. The first-order chi connectivity index (χ1) is 13.3. The molecule has 0 saturated carbocycles. The van der Waals surface area contributed by atoms with E-state index in [4.69, 9.17) is 4.74 Å². The lowest BCUT2D eigenvalue weighted by atomic mass is 10.3. The Hall–Kier alpha value is -1.75. The molecule has 0 unspecified atom stereocenters. The molecular formula is C18H25N3O5S2. The number of fused-ring (bicyclic) bond motifs is 1. The Balaban J connectivity index is 1.87. The van der Waals surface area contributed by atoms with E-state index in [1.165, 1.54) is 21.0 Å². The summed E-state index contributed by atoms with van der Waals surface area (Å²) in [7, 11) is -2.05. The predicted octanol–water partition coefficient (Wildman–Crippen LogP) is 1.34. The van der Waals surface area contributed by atoms with Gasteiger partial charge in [0.2, 0.25) is 15.9 Å². The van der Waals surface area contributed by atoms with Crippen LogP contribution >= 0.6 is 11.3 Å². The van der Waals surface area contributed by atoms with Crippen molar-refractivity contribution in [1.29, 1.82) is 0 Å². The van der Waals surface area contributed by atoms with Crippen molar-refractivity contribution in [2.75, 3.05) is 39.9 Å². The van der Waals surface area contributed by atoms with Crippen LogP contribution in [0, 0.1) is 0 Å². The molecule has 0 N–H and O–H groups in total. The van der Waals surface area contributed by atoms with Gasteiger partial charge in [0.05, 0.1) is 28.3 Å². The molecule has 0 radical (unpaired) electrons. The largest absolute Gasteiger partial charge is 0.378 e. The Kier molecular flexibility index (Phi) is 6.54. The van der Waals surface area contributed by atoms with Gasteiger partial charge in [-0.05, 0) is 24.6 Å². The van der Waals surface area contributed by atoms with Crippen LogP contribution in [0.1, 0.15) is 19.8 Å². The van der Waals surface area contributed by atoms with Crippen LogP contribution in [-0.2, 0) is 26.1 Å². The first kappa shape index (κ1) is 21.0. The number of unbranched alkanes of at least 4 members (excludes halogenated alkanes) is 1. The topological polar surface area (TPSA) is 88.9 Å². The fourth-order valence-corrected chi connectivity index (χ4v) is 5.33. The number of rotatable bonds is 7. The van der Waals surface area contributed by atoms with Crippen molar-refractivity contribution < 1.29 is 17.9 Å². The van der Waals surface area contributed by atoms with Crippen molar-refractivity contribution in [3.05, 3.63) is 27.9 Å². The van der Waals surface area contributed by atoms with Crippen molar-refractivity contribution in [2.45, 2.75) is 31.2 Å². The Labute approximate surface area is 168 Å². The fourth-order valence-electron chi connectivity index (χ4n) is 3.09. The monoisotopic (exact) mass is 427 g/mol. The van der Waals surface area contributed by atoms with Crippen molar-refractivity contribution in [1.82, 2.24) is 13.8 Å². The van der Waals surface area contributed by atoms with Gasteiger partial charge in [-0.25, -0.2) is 12.7 Å². The number of hydrogen-bond acceptors (Lipinski definition) is 6. The summed E-state index contributed by atoms with van der Waals surface area (Å²) in [6.07, 6.45) is 1.69. The number of thiazole rings is 1. The molecule has 1 aromatic heterocycles. The summed E-state index contributed by atoms with van der Waals surface area (Å²) < 4.78 is 34.0. The Bertz CT molecular complexity index is 1010. The molecule has 0 bridgehead atoms. The van der Waals surface area contributed by atoms with Gasteiger partial charge >= 0.3 is 4.87 Å². The van der Waals surface area contributed by atoms with Gasteiger partial charge in [0.15, 0.2) is 0 Å². The van der Waals surface area contributed by atoms with E-state index in [9.17, 15) is 18.0 Å². The SMILES string of the molecule is CCCCN(C)S(=O)(=O)c1ccc2c(c1)sc(=O)n2CC(=O)N1CCOCC1. The van der Waals surface area contributed by atoms with E-state index in [0.717, 1.165) is 24.2 Å². The maximum absolute atomic E-state index is 12.7. The van der Waals surface area contributed by atoms with Crippen molar-refractivity contribution in [3.63, 3.8) is 0 Å². The molecule has 10 heteroatoms. The number of aromatic nitrogens is 1. The van der Waals surface area contributed by atoms with Gasteiger partial charge in [-0.2, -0.15) is 0 Å². The number of morpholine rings is 1. The minimum absolute atomic E-state index is 0.0542. The minimum atomic E-state index is -3.61. The number of carbonyl (C=O) groups is 1. The van der Waals surface area contributed by atoms with Crippen LogP contribution in [0.3, 0.4) is 0 Å². The van der Waals surface area contributed by atoms with Crippen LogP contribution in [0.5, 0.6) is 0 Å². The van der Waals surface area contributed by atoms with Gasteiger partial charge in [-0.15, -0.1) is 0 Å². The van der Waals surface area contributed by atoms with Gasteiger partial charge in [0.1, 0.15) is 6.54 Å². The summed E-state index contributed by atoms with van der Waals surface area (Å²) in [4.78, 5) is 26.5. The van der Waals surface area contributed by atoms with Crippen LogP contribution in [0.25, 0.3) is 10.2 Å². The van der Waals surface area contributed by atoms with E-state index in [1.54, 1.807) is 18.0 Å². The highest BCUT2D eigenvalue weighted by molar-refractivity contribution is 7.89. The molecule has 2 heterocycles. The van der Waals surface area contributed by atoms with E-state index in [2.05, 4.69) is 0 Å². The highest BCUT2D eigenvalue weighted by Gasteiger charge is 2.23. The summed E-state index contributed by atoms with van der Waals surface area (Å²) >= 11 is 0.956. The number of amides is 1. The number of ether oxygens (including phenoxy) is 1. The molecule has 0 atom stereocenters. The molecule has 1 saturated heterocycles. The Morgan fingerprint density at radius 2 is 2.00 bits per heavy atom. The first-order valence-corrected chi connectivity index (χ1v) is 11.6. The van der Waals surface area contributed by atoms with E-state index < -0.39 is 10.0 Å². The second kappa shape index (κ2) is 8.73. The van der Waals surface area contributed by atoms with Crippen LogP contribution in [0.4, 0.5) is 0 Å². The average molecular weight is 428 g/mol. The third kappa shape index (κ3) is 4.29. The minimum Gasteiger partial charge on any atom is -0.378 e. The second-order valence-corrected chi connectivity index (χ2v) is 9.80. The molecule has 28 heavy (non-hydrogen) atoms. The van der Waals surface area contributed by atoms with E-state index in [0.29, 0.717) is 43.1 Å². The number of nitrogens with zero attached hydrogens (tertiary/aromatic N) is 3. The predicted molar refractivity (Wildman–Crippen MR) is 108 cm³/mol. The highest BCUT2D eigenvalue weighted by atomic mass is 32.2. The smallest absolute Gasteiger partial charge is 0.308 e. The van der Waals surface area contributed by atoms with Gasteiger partial charge in [-0.3, -0.25) is 14.2 Å². The van der Waals surface area contributed by atoms with Crippen LogP contribution < -0.4 is 4.87 Å². The lowest BCUT2D eigenvalue weighted by Gasteiger charge is -2.26. The molecule has 1 aromatic carbocycles. The van der Waals surface area contributed by atoms with Crippen molar-refractivity contribution >= 4 is 37.5 Å². The average Bonchev–Trinajstić information content (AvgIpc) is 3.01. The highest BCUT2D eigenvalue weighted by Crippen LogP contribution is 2.24. The maximum atomic E-state index is 12.7. The molecule has 8 nitrogen and oxygen atoms in total. The molecule has 0 aliphatic carbocycles. The zero-order valence-electron chi connectivity index (χ0n) is 16.1. The standard InChI is InChI=1S/C18H25N3O5S2/c1-3-4-7-19(2)28(24,25)14-5-6-15-16(12-14)27-18(23)21(15)13-17(22)20-8-10-26-11-9-20/h5-6,12H,3-4,7-11,13H2,1-2H3. The van der Waals surface area contributed by atoms with E-state index in [-0.39, 0.29) is 22.2 Å². The molecule has 1 aliphatic rings. The molecule has 2 aromatic rings. The summed E-state index contributed by atoms with van der Waals surface area (Å²) in [6, 6.07) is 4.64. The fraction of sp³-hybridized carbons (Fsp3) is 0.556. The molecule has 3 rings (SSSR count). The quantitative estimate of drug-likeness (QED) is 0.665. The lowest BCUT2D eigenvalue weighted by molar-refractivity contribution is -0.135. The molecular weight excluding hydrogens is 402 g/mol. The molecule has 1 fully saturated rings. The van der Waals surface area contributed by atoms with Crippen molar-refractivity contribution in [3.8, 4) is 0 Å². The lowest BCUT2D eigenvalue weighted by Crippen LogP contribution is -2.43. The maximum Gasteiger partial charge on any atom is 0.308 e. The first-order valence-electron chi connectivity index (χ1n) is 9.30. The van der Waals surface area contributed by atoms with Gasteiger partial charge < -0.3 is 9.64 Å². The van der Waals surface area contributed by atoms with Crippen LogP contribution in [0.2, 0.25) is 0 Å².